The van der Waals surface area contributed by atoms with Crippen molar-refractivity contribution >= 4 is 27.5 Å². The van der Waals surface area contributed by atoms with E-state index in [0.717, 1.165) is 9.50 Å². The largest absolute Gasteiger partial charge is 0.324 e. The molecule has 1 saturated carbocycles. The van der Waals surface area contributed by atoms with Crippen molar-refractivity contribution < 1.29 is 0 Å². The topological polar surface area (TPSA) is 26.0 Å². The summed E-state index contributed by atoms with van der Waals surface area (Å²) in [6.45, 7) is 0. The van der Waals surface area contributed by atoms with E-state index in [1.165, 1.54) is 37.7 Å². The Bertz CT molecular complexity index is 361. The lowest BCUT2D eigenvalue weighted by Gasteiger charge is -2.28. The molecule has 2 N–H and O–H groups in total. The number of hydrogen-bond acceptors (Lipinski definition) is 1. The SMILES string of the molecule is N[C@@H](c1ccc(Cl)cc1Br)C1CCCCC1. The Morgan fingerprint density at radius 2 is 1.94 bits per heavy atom. The minimum absolute atomic E-state index is 0.145. The van der Waals surface area contributed by atoms with Gasteiger partial charge in [-0.05, 0) is 36.5 Å². The van der Waals surface area contributed by atoms with Crippen LogP contribution in [0.5, 0.6) is 0 Å². The van der Waals surface area contributed by atoms with Gasteiger partial charge in [-0.1, -0.05) is 52.9 Å². The Hall–Kier alpha value is -0.0500. The second-order valence-electron chi connectivity index (χ2n) is 4.59. The number of halogens is 2. The molecule has 1 atom stereocenters. The minimum Gasteiger partial charge on any atom is -0.324 e. The van der Waals surface area contributed by atoms with Crippen LogP contribution in [0.2, 0.25) is 5.02 Å². The van der Waals surface area contributed by atoms with Gasteiger partial charge in [0.2, 0.25) is 0 Å². The van der Waals surface area contributed by atoms with E-state index in [2.05, 4.69) is 15.9 Å². The molecule has 0 amide bonds. The van der Waals surface area contributed by atoms with Crippen LogP contribution in [-0.2, 0) is 0 Å². The van der Waals surface area contributed by atoms with E-state index in [1.54, 1.807) is 0 Å². The fourth-order valence-corrected chi connectivity index (χ4v) is 3.47. The van der Waals surface area contributed by atoms with Crippen LogP contribution in [0.25, 0.3) is 0 Å². The van der Waals surface area contributed by atoms with Crippen molar-refractivity contribution in [1.82, 2.24) is 0 Å². The van der Waals surface area contributed by atoms with Gasteiger partial charge in [-0.25, -0.2) is 0 Å². The lowest BCUT2D eigenvalue weighted by atomic mass is 9.81. The van der Waals surface area contributed by atoms with Gasteiger partial charge in [0, 0.05) is 15.5 Å². The van der Waals surface area contributed by atoms with Gasteiger partial charge in [-0.15, -0.1) is 0 Å². The quantitative estimate of drug-likeness (QED) is 0.843. The van der Waals surface area contributed by atoms with Gasteiger partial charge >= 0.3 is 0 Å². The number of nitrogens with two attached hydrogens (primary N) is 1. The molecule has 16 heavy (non-hydrogen) atoms. The van der Waals surface area contributed by atoms with Crippen molar-refractivity contribution in [2.24, 2.45) is 11.7 Å². The maximum Gasteiger partial charge on any atom is 0.0417 e. The highest BCUT2D eigenvalue weighted by Crippen LogP contribution is 2.36. The smallest absolute Gasteiger partial charge is 0.0417 e. The predicted molar refractivity (Wildman–Crippen MR) is 72.7 cm³/mol. The minimum atomic E-state index is 0.145. The van der Waals surface area contributed by atoms with Crippen LogP contribution >= 0.6 is 27.5 Å². The molecule has 0 aromatic heterocycles. The zero-order valence-corrected chi connectivity index (χ0v) is 11.6. The second kappa shape index (κ2) is 5.52. The molecule has 0 saturated heterocycles. The van der Waals surface area contributed by atoms with Crippen molar-refractivity contribution in [3.05, 3.63) is 33.3 Å². The first-order valence-corrected chi connectivity index (χ1v) is 7.06. The van der Waals surface area contributed by atoms with Gasteiger partial charge in [-0.3, -0.25) is 0 Å². The van der Waals surface area contributed by atoms with Crippen LogP contribution in [0.3, 0.4) is 0 Å². The van der Waals surface area contributed by atoms with Gasteiger partial charge in [0.15, 0.2) is 0 Å². The Labute approximate surface area is 110 Å². The fourth-order valence-electron chi connectivity index (χ4n) is 2.52. The van der Waals surface area contributed by atoms with Crippen molar-refractivity contribution in [2.45, 2.75) is 38.1 Å². The van der Waals surface area contributed by atoms with Crippen LogP contribution in [0.4, 0.5) is 0 Å². The highest BCUT2D eigenvalue weighted by Gasteiger charge is 2.23. The van der Waals surface area contributed by atoms with E-state index in [0.29, 0.717) is 5.92 Å². The van der Waals surface area contributed by atoms with Crippen LogP contribution < -0.4 is 5.73 Å². The van der Waals surface area contributed by atoms with E-state index < -0.39 is 0 Å². The lowest BCUT2D eigenvalue weighted by molar-refractivity contribution is 0.307. The number of hydrogen-bond donors (Lipinski definition) is 1. The first-order chi connectivity index (χ1) is 7.68. The molecule has 88 valence electrons. The molecule has 0 spiro atoms. The van der Waals surface area contributed by atoms with Crippen molar-refractivity contribution in [2.75, 3.05) is 0 Å². The molecule has 3 heteroatoms. The number of rotatable bonds is 2. The molecule has 1 aromatic rings. The third kappa shape index (κ3) is 2.79. The first-order valence-electron chi connectivity index (χ1n) is 5.89. The molecule has 0 bridgehead atoms. The van der Waals surface area contributed by atoms with E-state index in [-0.39, 0.29) is 6.04 Å². The Kier molecular flexibility index (Phi) is 4.28. The number of benzene rings is 1. The van der Waals surface area contributed by atoms with Crippen molar-refractivity contribution in [3.8, 4) is 0 Å². The summed E-state index contributed by atoms with van der Waals surface area (Å²) in [5.41, 5.74) is 7.54. The molecular weight excluding hydrogens is 286 g/mol. The summed E-state index contributed by atoms with van der Waals surface area (Å²) in [4.78, 5) is 0. The summed E-state index contributed by atoms with van der Waals surface area (Å²) in [7, 11) is 0. The monoisotopic (exact) mass is 301 g/mol. The fraction of sp³-hybridized carbons (Fsp3) is 0.538. The molecule has 0 unspecified atom stereocenters. The molecule has 0 aliphatic heterocycles. The van der Waals surface area contributed by atoms with Gasteiger partial charge in [0.25, 0.3) is 0 Å². The molecule has 1 aromatic carbocycles. The average Bonchev–Trinajstić information content (AvgIpc) is 2.29. The molecule has 1 nitrogen and oxygen atoms in total. The molecule has 0 radical (unpaired) electrons. The van der Waals surface area contributed by atoms with Gasteiger partial charge in [0.1, 0.15) is 0 Å². The highest BCUT2D eigenvalue weighted by molar-refractivity contribution is 9.10. The molecule has 0 heterocycles. The molecule has 2 rings (SSSR count). The summed E-state index contributed by atoms with van der Waals surface area (Å²) in [6.07, 6.45) is 6.53. The third-order valence-corrected chi connectivity index (χ3v) is 4.40. The Morgan fingerprint density at radius 3 is 2.56 bits per heavy atom. The van der Waals surface area contributed by atoms with Gasteiger partial charge in [0.05, 0.1) is 0 Å². The van der Waals surface area contributed by atoms with Crippen LogP contribution in [0.1, 0.15) is 43.7 Å². The molecule has 1 aliphatic rings. The Morgan fingerprint density at radius 1 is 1.25 bits per heavy atom. The van der Waals surface area contributed by atoms with Crippen LogP contribution in [-0.4, -0.2) is 0 Å². The molecular formula is C13H17BrClN. The lowest BCUT2D eigenvalue weighted by Crippen LogP contribution is -2.23. The summed E-state index contributed by atoms with van der Waals surface area (Å²) in [5.74, 6) is 0.631. The summed E-state index contributed by atoms with van der Waals surface area (Å²) in [5, 5.41) is 0.756. The zero-order valence-electron chi connectivity index (χ0n) is 9.26. The van der Waals surface area contributed by atoms with Gasteiger partial charge < -0.3 is 5.73 Å². The molecule has 1 aliphatic carbocycles. The third-order valence-electron chi connectivity index (χ3n) is 3.48. The average molecular weight is 303 g/mol. The predicted octanol–water partition coefficient (Wildman–Crippen LogP) is 4.68. The van der Waals surface area contributed by atoms with E-state index in [1.807, 2.05) is 18.2 Å². The maximum absolute atomic E-state index is 6.35. The van der Waals surface area contributed by atoms with Crippen molar-refractivity contribution in [3.63, 3.8) is 0 Å². The van der Waals surface area contributed by atoms with Gasteiger partial charge in [-0.2, -0.15) is 0 Å². The van der Waals surface area contributed by atoms with E-state index in [4.69, 9.17) is 17.3 Å². The highest BCUT2D eigenvalue weighted by atomic mass is 79.9. The summed E-state index contributed by atoms with van der Waals surface area (Å²) < 4.78 is 1.04. The van der Waals surface area contributed by atoms with E-state index in [9.17, 15) is 0 Å². The standard InChI is InChI=1S/C13H17BrClN/c14-12-8-10(15)6-7-11(12)13(16)9-4-2-1-3-5-9/h6-9,13H,1-5,16H2/t13-/m1/s1. The zero-order chi connectivity index (χ0) is 11.5. The van der Waals surface area contributed by atoms with Crippen molar-refractivity contribution in [1.29, 1.82) is 0 Å². The van der Waals surface area contributed by atoms with E-state index >= 15 is 0 Å². The summed E-state index contributed by atoms with van der Waals surface area (Å²) in [6, 6.07) is 6.04. The normalized spacial score (nSPS) is 19.7. The molecule has 1 fully saturated rings. The summed E-state index contributed by atoms with van der Waals surface area (Å²) >= 11 is 9.49. The Balaban J connectivity index is 2.15. The maximum atomic E-state index is 6.35. The second-order valence-corrected chi connectivity index (χ2v) is 5.88. The first kappa shape index (κ1) is 12.4. The van der Waals surface area contributed by atoms with Crippen LogP contribution in [0, 0.1) is 5.92 Å². The van der Waals surface area contributed by atoms with Crippen LogP contribution in [0.15, 0.2) is 22.7 Å².